The molecule has 0 spiro atoms. The number of nitrogens with one attached hydrogen (secondary N) is 2. The smallest absolute Gasteiger partial charge is 0.251 e. The summed E-state index contributed by atoms with van der Waals surface area (Å²) in [7, 11) is 1.82. The van der Waals surface area contributed by atoms with Crippen molar-refractivity contribution in [1.29, 1.82) is 0 Å². The number of fused-ring (bicyclic) bond motifs is 1. The summed E-state index contributed by atoms with van der Waals surface area (Å²) in [5.41, 5.74) is 7.11. The molecule has 1 aliphatic heterocycles. The number of anilines is 3. The van der Waals surface area contributed by atoms with Gasteiger partial charge in [0.05, 0.1) is 29.2 Å². The van der Waals surface area contributed by atoms with Crippen molar-refractivity contribution in [3.05, 3.63) is 35.9 Å². The summed E-state index contributed by atoms with van der Waals surface area (Å²) in [6.45, 7) is 2.80. The zero-order valence-corrected chi connectivity index (χ0v) is 14.7. The van der Waals surface area contributed by atoms with Crippen LogP contribution in [0.1, 0.15) is 10.4 Å². The van der Waals surface area contributed by atoms with Crippen molar-refractivity contribution >= 4 is 34.5 Å². The Morgan fingerprint density at radius 1 is 1.19 bits per heavy atom. The SMILES string of the molecule is CNc1cnc(N2CCN(c3nc4c(C(N)=O)cc(F)cc4[nH]3)CC2)nc1. The number of rotatable bonds is 4. The van der Waals surface area contributed by atoms with Gasteiger partial charge in [0.15, 0.2) is 0 Å². The number of H-pyrrole nitrogens is 1. The topological polar surface area (TPSA) is 116 Å². The molecule has 4 rings (SSSR count). The van der Waals surface area contributed by atoms with Gasteiger partial charge in [0.2, 0.25) is 11.9 Å². The second-order valence-corrected chi connectivity index (χ2v) is 6.27. The summed E-state index contributed by atoms with van der Waals surface area (Å²) in [5.74, 6) is 0.0311. The second kappa shape index (κ2) is 6.71. The van der Waals surface area contributed by atoms with Crippen LogP contribution < -0.4 is 20.9 Å². The Morgan fingerprint density at radius 3 is 2.48 bits per heavy atom. The highest BCUT2D eigenvalue weighted by Crippen LogP contribution is 2.23. The van der Waals surface area contributed by atoms with Gasteiger partial charge in [-0.1, -0.05) is 0 Å². The van der Waals surface area contributed by atoms with Gasteiger partial charge in [-0.15, -0.1) is 0 Å². The van der Waals surface area contributed by atoms with Crippen LogP contribution in [0.3, 0.4) is 0 Å². The van der Waals surface area contributed by atoms with E-state index in [2.05, 4.69) is 30.2 Å². The summed E-state index contributed by atoms with van der Waals surface area (Å²) in [6.07, 6.45) is 3.49. The van der Waals surface area contributed by atoms with Gasteiger partial charge >= 0.3 is 0 Å². The van der Waals surface area contributed by atoms with E-state index in [1.807, 2.05) is 11.9 Å². The first-order valence-electron chi connectivity index (χ1n) is 8.54. The van der Waals surface area contributed by atoms with Crippen molar-refractivity contribution in [2.45, 2.75) is 0 Å². The van der Waals surface area contributed by atoms with E-state index in [-0.39, 0.29) is 5.56 Å². The van der Waals surface area contributed by atoms with Gasteiger partial charge in [-0.05, 0) is 12.1 Å². The minimum absolute atomic E-state index is 0.0733. The van der Waals surface area contributed by atoms with E-state index in [4.69, 9.17) is 5.73 Å². The molecular weight excluding hydrogens is 351 g/mol. The fourth-order valence-electron chi connectivity index (χ4n) is 3.14. The maximum atomic E-state index is 13.7. The molecule has 0 radical (unpaired) electrons. The second-order valence-electron chi connectivity index (χ2n) is 6.27. The number of amides is 1. The predicted molar refractivity (Wildman–Crippen MR) is 101 cm³/mol. The normalized spacial score (nSPS) is 14.6. The van der Waals surface area contributed by atoms with Crippen LogP contribution in [0.15, 0.2) is 24.5 Å². The first-order valence-corrected chi connectivity index (χ1v) is 8.54. The van der Waals surface area contributed by atoms with Crippen molar-refractivity contribution in [2.24, 2.45) is 5.73 Å². The van der Waals surface area contributed by atoms with Gasteiger partial charge in [0, 0.05) is 33.2 Å². The molecule has 3 heterocycles. The zero-order valence-electron chi connectivity index (χ0n) is 14.7. The molecule has 2 aromatic heterocycles. The molecule has 3 aromatic rings. The van der Waals surface area contributed by atoms with Crippen LogP contribution in [0, 0.1) is 5.82 Å². The van der Waals surface area contributed by atoms with E-state index in [1.165, 1.54) is 6.07 Å². The van der Waals surface area contributed by atoms with Crippen molar-refractivity contribution < 1.29 is 9.18 Å². The van der Waals surface area contributed by atoms with E-state index in [0.29, 0.717) is 49.1 Å². The van der Waals surface area contributed by atoms with Crippen LogP contribution in [-0.2, 0) is 0 Å². The first-order chi connectivity index (χ1) is 13.0. The number of hydrogen-bond donors (Lipinski definition) is 3. The minimum Gasteiger partial charge on any atom is -0.386 e. The number of nitrogens with zero attached hydrogens (tertiary/aromatic N) is 5. The number of benzene rings is 1. The standard InChI is InChI=1S/C17H19FN8O/c1-20-11-8-21-16(22-9-11)25-2-4-26(5-3-25)17-23-13-7-10(18)6-12(15(19)27)14(13)24-17/h6-9,20H,2-5H2,1H3,(H2,19,27)(H,23,24). The van der Waals surface area contributed by atoms with E-state index in [0.717, 1.165) is 11.8 Å². The summed E-state index contributed by atoms with van der Waals surface area (Å²) in [5, 5.41) is 2.99. The zero-order chi connectivity index (χ0) is 19.0. The molecule has 1 fully saturated rings. The van der Waals surface area contributed by atoms with E-state index < -0.39 is 11.7 Å². The largest absolute Gasteiger partial charge is 0.386 e. The summed E-state index contributed by atoms with van der Waals surface area (Å²) < 4.78 is 13.7. The van der Waals surface area contributed by atoms with Crippen LogP contribution in [0.2, 0.25) is 0 Å². The molecule has 1 saturated heterocycles. The van der Waals surface area contributed by atoms with Crippen LogP contribution in [0.4, 0.5) is 22.0 Å². The van der Waals surface area contributed by atoms with E-state index >= 15 is 0 Å². The summed E-state index contributed by atoms with van der Waals surface area (Å²) in [6, 6.07) is 2.42. The number of aromatic nitrogens is 4. The minimum atomic E-state index is -0.704. The lowest BCUT2D eigenvalue weighted by molar-refractivity contribution is 0.100. The highest BCUT2D eigenvalue weighted by atomic mass is 19.1. The van der Waals surface area contributed by atoms with Crippen LogP contribution in [-0.4, -0.2) is 59.1 Å². The Hall–Kier alpha value is -3.43. The van der Waals surface area contributed by atoms with Gasteiger partial charge in [0.25, 0.3) is 5.91 Å². The molecule has 9 nitrogen and oxygen atoms in total. The predicted octanol–water partition coefficient (Wildman–Crippen LogP) is 0.959. The summed E-state index contributed by atoms with van der Waals surface area (Å²) in [4.78, 5) is 32.0. The van der Waals surface area contributed by atoms with Crippen molar-refractivity contribution in [3.63, 3.8) is 0 Å². The Bertz CT molecular complexity index is 979. The lowest BCUT2D eigenvalue weighted by atomic mass is 10.1. The molecule has 1 amide bonds. The molecule has 0 aliphatic carbocycles. The number of halogens is 1. The highest BCUT2D eigenvalue weighted by Gasteiger charge is 2.22. The molecule has 4 N–H and O–H groups in total. The number of hydrogen-bond acceptors (Lipinski definition) is 7. The summed E-state index contributed by atoms with van der Waals surface area (Å²) >= 11 is 0. The number of imidazole rings is 1. The first kappa shape index (κ1) is 17.0. The van der Waals surface area contributed by atoms with Crippen molar-refractivity contribution in [1.82, 2.24) is 19.9 Å². The van der Waals surface area contributed by atoms with E-state index in [9.17, 15) is 9.18 Å². The Kier molecular flexibility index (Phi) is 4.22. The molecule has 140 valence electrons. The van der Waals surface area contributed by atoms with Crippen LogP contribution in [0.25, 0.3) is 11.0 Å². The molecular formula is C17H19FN8O. The number of aromatic amines is 1. The van der Waals surface area contributed by atoms with Gasteiger partial charge in [-0.2, -0.15) is 0 Å². The third-order valence-corrected chi connectivity index (χ3v) is 4.59. The lowest BCUT2D eigenvalue weighted by Gasteiger charge is -2.34. The molecule has 1 aliphatic rings. The quantitative estimate of drug-likeness (QED) is 0.626. The van der Waals surface area contributed by atoms with Gasteiger partial charge in [-0.3, -0.25) is 4.79 Å². The molecule has 0 bridgehead atoms. The number of nitrogens with two attached hydrogens (primary N) is 1. The fourth-order valence-corrected chi connectivity index (χ4v) is 3.14. The Balaban J connectivity index is 1.52. The lowest BCUT2D eigenvalue weighted by Crippen LogP contribution is -2.47. The number of carbonyl (C=O) groups is 1. The number of primary amides is 1. The Morgan fingerprint density at radius 2 is 1.85 bits per heavy atom. The van der Waals surface area contributed by atoms with Crippen LogP contribution in [0.5, 0.6) is 0 Å². The Labute approximate surface area is 154 Å². The highest BCUT2D eigenvalue weighted by molar-refractivity contribution is 6.04. The maximum absolute atomic E-state index is 13.7. The van der Waals surface area contributed by atoms with Gasteiger partial charge in [-0.25, -0.2) is 19.3 Å². The molecule has 10 heteroatoms. The molecule has 0 unspecified atom stereocenters. The molecule has 27 heavy (non-hydrogen) atoms. The molecule has 1 aromatic carbocycles. The number of carbonyl (C=O) groups excluding carboxylic acids is 1. The van der Waals surface area contributed by atoms with Crippen molar-refractivity contribution in [2.75, 3.05) is 48.3 Å². The van der Waals surface area contributed by atoms with Crippen LogP contribution >= 0.6 is 0 Å². The monoisotopic (exact) mass is 370 g/mol. The van der Waals surface area contributed by atoms with Gasteiger partial charge in [0.1, 0.15) is 11.3 Å². The third-order valence-electron chi connectivity index (χ3n) is 4.59. The van der Waals surface area contributed by atoms with E-state index in [1.54, 1.807) is 12.4 Å². The molecule has 0 atom stereocenters. The number of piperazine rings is 1. The van der Waals surface area contributed by atoms with Gasteiger partial charge < -0.3 is 25.8 Å². The fraction of sp³-hybridized carbons (Fsp3) is 0.294. The maximum Gasteiger partial charge on any atom is 0.251 e. The van der Waals surface area contributed by atoms with Crippen molar-refractivity contribution in [3.8, 4) is 0 Å². The average molecular weight is 370 g/mol. The third kappa shape index (κ3) is 3.21. The average Bonchev–Trinajstić information content (AvgIpc) is 3.11. The molecule has 0 saturated carbocycles.